The quantitative estimate of drug-likeness (QED) is 0.152. The summed E-state index contributed by atoms with van der Waals surface area (Å²) >= 11 is 0. The van der Waals surface area contributed by atoms with E-state index in [0.717, 1.165) is 62.3 Å². The Labute approximate surface area is 514 Å². The van der Waals surface area contributed by atoms with Gasteiger partial charge in [-0.05, 0) is 167 Å². The van der Waals surface area contributed by atoms with Gasteiger partial charge in [0.1, 0.15) is 17.7 Å². The molecule has 0 fully saturated rings. The Morgan fingerprint density at radius 3 is 1.41 bits per heavy atom. The number of ether oxygens (including phenoxy) is 1. The van der Waals surface area contributed by atoms with Crippen molar-refractivity contribution in [3.05, 3.63) is 335 Å². The molecule has 11 aromatic carbocycles. The van der Waals surface area contributed by atoms with Crippen molar-refractivity contribution < 1.29 is 4.74 Å². The summed E-state index contributed by atoms with van der Waals surface area (Å²) in [6, 6.07) is 95.4. The van der Waals surface area contributed by atoms with Gasteiger partial charge in [-0.2, -0.15) is 0 Å². The summed E-state index contributed by atoms with van der Waals surface area (Å²) in [6.07, 6.45) is 10.7. The van der Waals surface area contributed by atoms with Gasteiger partial charge in [-0.1, -0.05) is 240 Å². The zero-order valence-corrected chi connectivity index (χ0v) is 49.5. The first-order valence-electron chi connectivity index (χ1n) is 31.0. The predicted octanol–water partition coefficient (Wildman–Crippen LogP) is 21.3. The molecule has 0 radical (unpaired) electrons. The van der Waals surface area contributed by atoms with Gasteiger partial charge in [0.15, 0.2) is 0 Å². The van der Waals surface area contributed by atoms with Crippen LogP contribution in [0.5, 0.6) is 5.75 Å². The van der Waals surface area contributed by atoms with Gasteiger partial charge in [0.25, 0.3) is 0 Å². The second kappa shape index (κ2) is 18.7. The number of rotatable bonds is 8. The third kappa shape index (κ3) is 6.94. The van der Waals surface area contributed by atoms with E-state index in [1.165, 1.54) is 94.6 Å². The van der Waals surface area contributed by atoms with Gasteiger partial charge in [-0.15, -0.1) is 0 Å². The van der Waals surface area contributed by atoms with Crippen LogP contribution < -0.4 is 14.5 Å². The molecular formula is C84H61N3O. The summed E-state index contributed by atoms with van der Waals surface area (Å²) in [4.78, 5) is 10.5. The fourth-order valence-corrected chi connectivity index (χ4v) is 16.5. The monoisotopic (exact) mass is 1130 g/mol. The number of para-hydroxylation sites is 1. The summed E-state index contributed by atoms with van der Waals surface area (Å²) in [7, 11) is 0. The van der Waals surface area contributed by atoms with Gasteiger partial charge < -0.3 is 9.64 Å². The van der Waals surface area contributed by atoms with E-state index >= 15 is 0 Å². The lowest BCUT2D eigenvalue weighted by atomic mass is 9.70. The van der Waals surface area contributed by atoms with Crippen LogP contribution in [0, 0.1) is 0 Å². The third-order valence-corrected chi connectivity index (χ3v) is 20.5. The largest absolute Gasteiger partial charge is 0.483 e. The molecule has 4 heteroatoms. The second-order valence-corrected chi connectivity index (χ2v) is 25.6. The number of nitrogens with zero attached hydrogens (tertiary/aromatic N) is 3. The third-order valence-electron chi connectivity index (χ3n) is 20.5. The van der Waals surface area contributed by atoms with Crippen LogP contribution in [0.15, 0.2) is 285 Å². The Balaban J connectivity index is 0.937. The summed E-state index contributed by atoms with van der Waals surface area (Å²) in [5, 5.41) is 0. The fourth-order valence-electron chi connectivity index (χ4n) is 16.5. The molecular weight excluding hydrogens is 1070 g/mol. The molecule has 1 aromatic heterocycles. The van der Waals surface area contributed by atoms with Crippen molar-refractivity contribution in [2.75, 3.05) is 9.80 Å². The second-order valence-electron chi connectivity index (χ2n) is 25.6. The molecule has 6 aliphatic rings. The first-order chi connectivity index (χ1) is 43.2. The summed E-state index contributed by atoms with van der Waals surface area (Å²) < 4.78 is 7.62. The number of fused-ring (bicyclic) bond motifs is 20. The minimum absolute atomic E-state index is 0.0657. The number of allylic oxidation sites excluding steroid dienone is 2. The molecule has 1 aliphatic heterocycles. The highest BCUT2D eigenvalue weighted by molar-refractivity contribution is 6.02. The predicted molar refractivity (Wildman–Crippen MR) is 361 cm³/mol. The van der Waals surface area contributed by atoms with Crippen molar-refractivity contribution in [2.45, 2.75) is 56.0 Å². The zero-order chi connectivity index (χ0) is 58.6. The van der Waals surface area contributed by atoms with E-state index in [9.17, 15) is 0 Å². The average Bonchev–Trinajstić information content (AvgIpc) is 1.51. The lowest BCUT2D eigenvalue weighted by molar-refractivity contribution is 0.269. The molecule has 0 N–H and O–H groups in total. The van der Waals surface area contributed by atoms with Crippen LogP contribution in [0.4, 0.5) is 34.3 Å². The summed E-state index contributed by atoms with van der Waals surface area (Å²) in [5.41, 5.74) is 30.2. The Morgan fingerprint density at radius 2 is 0.807 bits per heavy atom. The number of hydrogen-bond acceptors (Lipinski definition) is 4. The Morgan fingerprint density at radius 1 is 0.352 bits per heavy atom. The lowest BCUT2D eigenvalue weighted by Crippen LogP contribution is -2.27. The van der Waals surface area contributed by atoms with Gasteiger partial charge in [-0.3, -0.25) is 4.90 Å². The van der Waals surface area contributed by atoms with Crippen molar-refractivity contribution in [1.82, 2.24) is 4.98 Å². The topological polar surface area (TPSA) is 28.6 Å². The highest BCUT2D eigenvalue weighted by Gasteiger charge is 2.55. The molecule has 12 aromatic rings. The van der Waals surface area contributed by atoms with Crippen LogP contribution >= 0.6 is 0 Å². The lowest BCUT2D eigenvalue weighted by Gasteiger charge is -2.34. The van der Waals surface area contributed by atoms with E-state index in [1.807, 2.05) is 6.20 Å². The minimum Gasteiger partial charge on any atom is -0.483 e. The summed E-state index contributed by atoms with van der Waals surface area (Å²) in [6.45, 7) is 9.51. The van der Waals surface area contributed by atoms with E-state index in [2.05, 4.69) is 317 Å². The Bertz CT molecular complexity index is 4940. The van der Waals surface area contributed by atoms with Crippen LogP contribution in [0.2, 0.25) is 0 Å². The van der Waals surface area contributed by atoms with Crippen molar-refractivity contribution in [2.24, 2.45) is 0 Å². The molecule has 0 bridgehead atoms. The van der Waals surface area contributed by atoms with E-state index in [4.69, 9.17) is 9.72 Å². The van der Waals surface area contributed by atoms with Gasteiger partial charge in [0.05, 0.1) is 16.8 Å². The van der Waals surface area contributed by atoms with Crippen LogP contribution in [0.3, 0.4) is 0 Å². The number of benzene rings is 11. The Kier molecular flexibility index (Phi) is 10.8. The molecule has 18 rings (SSSR count). The van der Waals surface area contributed by atoms with Crippen molar-refractivity contribution >= 4 is 34.3 Å². The fraction of sp³-hybridized carbons (Fsp3) is 0.107. The number of hydrogen-bond donors (Lipinski definition) is 0. The molecule has 2 heterocycles. The molecule has 0 amide bonds. The standard InChI is InChI=1S/C84H61N3O/c1-82(2)67-35-17-11-29-59(67)63-44-41-54(48-71(63)82)86(75-39-21-15-28-57(75)52-24-7-5-8-25-52)55-43-46-65-73(50-55)84(69-37-19-13-31-61(69)62-32-14-20-38-70(62)84)74-51-76(80-79(78(65)74)66-33-16-22-40-77(66)88-80)87(81-58(34-23-47-85-81)53-26-9-6-10-27-53)56-42-45-64-60-30-12-18-36-68(60)83(3,4)72(64)49-56/h5-51,66,77H,1-4H3. The van der Waals surface area contributed by atoms with E-state index in [0.29, 0.717) is 0 Å². The van der Waals surface area contributed by atoms with Gasteiger partial charge >= 0.3 is 0 Å². The highest BCUT2D eigenvalue weighted by atomic mass is 16.5. The maximum atomic E-state index is 7.62. The molecule has 2 atom stereocenters. The van der Waals surface area contributed by atoms with Crippen LogP contribution in [0.1, 0.15) is 83.7 Å². The number of pyridine rings is 1. The first kappa shape index (κ1) is 50.7. The molecule has 5 aliphatic carbocycles. The normalized spacial score (nSPS) is 16.9. The van der Waals surface area contributed by atoms with Crippen LogP contribution in [-0.4, -0.2) is 11.1 Å². The maximum Gasteiger partial charge on any atom is 0.148 e. The number of anilines is 6. The van der Waals surface area contributed by atoms with Crippen molar-refractivity contribution in [3.63, 3.8) is 0 Å². The Hall–Kier alpha value is -10.6. The smallest absolute Gasteiger partial charge is 0.148 e. The van der Waals surface area contributed by atoms with Crippen molar-refractivity contribution in [1.29, 1.82) is 0 Å². The van der Waals surface area contributed by atoms with E-state index < -0.39 is 5.41 Å². The van der Waals surface area contributed by atoms with Gasteiger partial charge in [-0.25, -0.2) is 4.98 Å². The number of aromatic nitrogens is 1. The molecule has 0 saturated heterocycles. The van der Waals surface area contributed by atoms with Gasteiger partial charge in [0.2, 0.25) is 0 Å². The molecule has 1 spiro atoms. The van der Waals surface area contributed by atoms with Crippen LogP contribution in [-0.2, 0) is 16.2 Å². The van der Waals surface area contributed by atoms with Gasteiger partial charge in [0, 0.05) is 56.7 Å². The minimum atomic E-state index is -0.768. The maximum absolute atomic E-state index is 7.62. The van der Waals surface area contributed by atoms with E-state index in [1.54, 1.807) is 0 Å². The van der Waals surface area contributed by atoms with Crippen LogP contribution in [0.25, 0.3) is 66.8 Å². The molecule has 418 valence electrons. The molecule has 2 unspecified atom stereocenters. The zero-order valence-electron chi connectivity index (χ0n) is 49.5. The molecule has 88 heavy (non-hydrogen) atoms. The SMILES string of the molecule is CC1(C)c2ccccc2-c2ccc(N(c3ccc4c(c3)C3(c5ccccc5-c5ccccc53)c3cc(N(c5ccc6c(c5)C(C)(C)c5ccccc5-6)c5ncccc5-c5ccccc5)c5c(c3-4)C3C=CC=CC3O5)c3ccccc3-c3ccccc3)cc21. The summed E-state index contributed by atoms with van der Waals surface area (Å²) in [5.74, 6) is 1.65. The first-order valence-corrected chi connectivity index (χ1v) is 31.0. The molecule has 0 saturated carbocycles. The molecule has 4 nitrogen and oxygen atoms in total. The van der Waals surface area contributed by atoms with E-state index in [-0.39, 0.29) is 22.9 Å². The van der Waals surface area contributed by atoms with Crippen molar-refractivity contribution in [3.8, 4) is 72.5 Å². The highest BCUT2D eigenvalue weighted by Crippen LogP contribution is 2.68. The average molecular weight is 1130 g/mol.